The van der Waals surface area contributed by atoms with Crippen LogP contribution in [-0.2, 0) is 0 Å². The van der Waals surface area contributed by atoms with Crippen molar-refractivity contribution in [3.8, 4) is 0 Å². The normalized spacial score (nSPS) is 23.1. The first-order chi connectivity index (χ1) is 9.25. The van der Waals surface area contributed by atoms with Crippen molar-refractivity contribution in [1.82, 2.24) is 10.2 Å². The number of piperazine rings is 1. The van der Waals surface area contributed by atoms with Crippen molar-refractivity contribution in [2.75, 3.05) is 26.2 Å². The Labute approximate surface area is 124 Å². The monoisotopic (exact) mass is 322 g/mol. The maximum absolute atomic E-state index is 3.79. The molecule has 3 rings (SSSR count). The number of nitrogens with one attached hydrogen (secondary N) is 1. The summed E-state index contributed by atoms with van der Waals surface area (Å²) in [7, 11) is 0. The summed E-state index contributed by atoms with van der Waals surface area (Å²) in [6.07, 6.45) is 4.21. The summed E-state index contributed by atoms with van der Waals surface area (Å²) in [6, 6.07) is 7.48. The van der Waals surface area contributed by atoms with Gasteiger partial charge in [0.1, 0.15) is 0 Å². The number of nitrogens with zero attached hydrogens (tertiary/aromatic N) is 1. The van der Waals surface area contributed by atoms with Crippen LogP contribution in [0.2, 0.25) is 0 Å². The molecule has 1 aromatic rings. The van der Waals surface area contributed by atoms with Gasteiger partial charge in [-0.1, -0.05) is 34.5 Å². The number of benzene rings is 1. The molecule has 1 N–H and O–H groups in total. The number of halogens is 1. The Morgan fingerprint density at radius 2 is 2.00 bits per heavy atom. The van der Waals surface area contributed by atoms with E-state index in [9.17, 15) is 0 Å². The summed E-state index contributed by atoms with van der Waals surface area (Å²) in [5, 5.41) is 3.47. The van der Waals surface area contributed by atoms with E-state index in [0.29, 0.717) is 6.04 Å². The molecule has 1 aliphatic heterocycles. The van der Waals surface area contributed by atoms with Crippen molar-refractivity contribution in [3.63, 3.8) is 0 Å². The molecule has 1 aliphatic carbocycles. The molecule has 19 heavy (non-hydrogen) atoms. The number of aryl methyl sites for hydroxylation is 1. The van der Waals surface area contributed by atoms with E-state index in [1.165, 1.54) is 48.0 Å². The van der Waals surface area contributed by atoms with E-state index < -0.39 is 0 Å². The molecule has 0 radical (unpaired) electrons. The average molecular weight is 323 g/mol. The van der Waals surface area contributed by atoms with E-state index >= 15 is 0 Å². The molecule has 0 spiro atoms. The van der Waals surface area contributed by atoms with Gasteiger partial charge in [0.15, 0.2) is 0 Å². The Morgan fingerprint density at radius 3 is 2.58 bits per heavy atom. The lowest BCUT2D eigenvalue weighted by Crippen LogP contribution is -2.47. The van der Waals surface area contributed by atoms with Crippen LogP contribution in [0.15, 0.2) is 22.7 Å². The van der Waals surface area contributed by atoms with Gasteiger partial charge < -0.3 is 5.32 Å². The number of hydrogen-bond donors (Lipinski definition) is 1. The van der Waals surface area contributed by atoms with Crippen molar-refractivity contribution < 1.29 is 0 Å². The first kappa shape index (κ1) is 13.6. The molecule has 2 aliphatic rings. The van der Waals surface area contributed by atoms with E-state index in [1.54, 1.807) is 0 Å². The molecular formula is C16H23BrN2. The number of rotatable bonds is 3. The minimum absolute atomic E-state index is 0.617. The molecule has 1 saturated carbocycles. The zero-order valence-corrected chi connectivity index (χ0v) is 13.2. The van der Waals surface area contributed by atoms with Gasteiger partial charge in [0.2, 0.25) is 0 Å². The molecule has 1 aromatic carbocycles. The lowest BCUT2D eigenvalue weighted by Gasteiger charge is -2.43. The summed E-state index contributed by atoms with van der Waals surface area (Å²) < 4.78 is 1.29. The maximum Gasteiger partial charge on any atom is 0.0388 e. The van der Waals surface area contributed by atoms with Crippen LogP contribution >= 0.6 is 15.9 Å². The van der Waals surface area contributed by atoms with E-state index in [-0.39, 0.29) is 0 Å². The van der Waals surface area contributed by atoms with Gasteiger partial charge in [-0.05, 0) is 42.9 Å². The fourth-order valence-corrected chi connectivity index (χ4v) is 4.06. The second-order valence-electron chi connectivity index (χ2n) is 5.95. The largest absolute Gasteiger partial charge is 0.314 e. The molecule has 104 valence electrons. The van der Waals surface area contributed by atoms with Crippen LogP contribution in [0.5, 0.6) is 0 Å². The van der Waals surface area contributed by atoms with Gasteiger partial charge in [0, 0.05) is 36.7 Å². The Bertz CT molecular complexity index is 436. The predicted molar refractivity (Wildman–Crippen MR) is 83.4 cm³/mol. The van der Waals surface area contributed by atoms with Crippen LogP contribution in [0.25, 0.3) is 0 Å². The van der Waals surface area contributed by atoms with E-state index in [4.69, 9.17) is 0 Å². The first-order valence-electron chi connectivity index (χ1n) is 7.46. The van der Waals surface area contributed by atoms with Gasteiger partial charge >= 0.3 is 0 Å². The van der Waals surface area contributed by atoms with Gasteiger partial charge in [-0.2, -0.15) is 0 Å². The fourth-order valence-electron chi connectivity index (χ4n) is 3.34. The van der Waals surface area contributed by atoms with Crippen LogP contribution in [0, 0.1) is 12.8 Å². The highest BCUT2D eigenvalue weighted by Crippen LogP contribution is 2.43. The Hall–Kier alpha value is -0.380. The van der Waals surface area contributed by atoms with Crippen molar-refractivity contribution >= 4 is 15.9 Å². The first-order valence-corrected chi connectivity index (χ1v) is 8.26. The predicted octanol–water partition coefficient (Wildman–Crippen LogP) is 3.50. The zero-order chi connectivity index (χ0) is 13.2. The Balaban J connectivity index is 1.88. The van der Waals surface area contributed by atoms with Gasteiger partial charge in [0.05, 0.1) is 0 Å². The van der Waals surface area contributed by atoms with E-state index in [2.05, 4.69) is 51.3 Å². The molecule has 0 aromatic heterocycles. The van der Waals surface area contributed by atoms with Crippen molar-refractivity contribution in [3.05, 3.63) is 33.8 Å². The molecule has 0 bridgehead atoms. The third-order valence-electron chi connectivity index (χ3n) is 4.62. The lowest BCUT2D eigenvalue weighted by molar-refractivity contribution is 0.0832. The highest BCUT2D eigenvalue weighted by atomic mass is 79.9. The number of hydrogen-bond acceptors (Lipinski definition) is 2. The van der Waals surface area contributed by atoms with Crippen LogP contribution in [0.1, 0.15) is 36.4 Å². The summed E-state index contributed by atoms with van der Waals surface area (Å²) in [6.45, 7) is 6.79. The summed E-state index contributed by atoms with van der Waals surface area (Å²) in [5.74, 6) is 0.858. The molecule has 1 atom stereocenters. The molecule has 3 heteroatoms. The maximum atomic E-state index is 3.79. The fraction of sp³-hybridized carbons (Fsp3) is 0.625. The third kappa shape index (κ3) is 2.88. The highest BCUT2D eigenvalue weighted by molar-refractivity contribution is 9.10. The van der Waals surface area contributed by atoms with Crippen LogP contribution < -0.4 is 5.32 Å². The SMILES string of the molecule is Cc1ccc([C@@H](C2CCC2)N2CCNCC2)c(Br)c1. The van der Waals surface area contributed by atoms with Crippen LogP contribution in [0.4, 0.5) is 0 Å². The van der Waals surface area contributed by atoms with Crippen molar-refractivity contribution in [1.29, 1.82) is 0 Å². The lowest BCUT2D eigenvalue weighted by atomic mass is 9.76. The van der Waals surface area contributed by atoms with Crippen molar-refractivity contribution in [2.24, 2.45) is 5.92 Å². The molecular weight excluding hydrogens is 300 g/mol. The van der Waals surface area contributed by atoms with Crippen LogP contribution in [-0.4, -0.2) is 31.1 Å². The Kier molecular flexibility index (Phi) is 4.25. The topological polar surface area (TPSA) is 15.3 Å². The molecule has 0 unspecified atom stereocenters. The highest BCUT2D eigenvalue weighted by Gasteiger charge is 2.34. The van der Waals surface area contributed by atoms with Crippen molar-refractivity contribution in [2.45, 2.75) is 32.2 Å². The van der Waals surface area contributed by atoms with E-state index in [0.717, 1.165) is 19.0 Å². The standard InChI is InChI=1S/C16H23BrN2/c1-12-5-6-14(15(17)11-12)16(13-3-2-4-13)19-9-7-18-8-10-19/h5-6,11,13,16,18H,2-4,7-10H2,1H3/t16-/m1/s1. The summed E-state index contributed by atoms with van der Waals surface area (Å²) in [4.78, 5) is 2.69. The molecule has 1 saturated heterocycles. The van der Waals surface area contributed by atoms with Gasteiger partial charge in [-0.25, -0.2) is 0 Å². The van der Waals surface area contributed by atoms with Gasteiger partial charge in [-0.3, -0.25) is 4.90 Å². The summed E-state index contributed by atoms with van der Waals surface area (Å²) >= 11 is 3.79. The molecule has 0 amide bonds. The Morgan fingerprint density at radius 1 is 1.26 bits per heavy atom. The molecule has 2 nitrogen and oxygen atoms in total. The second kappa shape index (κ2) is 5.94. The minimum Gasteiger partial charge on any atom is -0.314 e. The summed E-state index contributed by atoms with van der Waals surface area (Å²) in [5.41, 5.74) is 2.83. The van der Waals surface area contributed by atoms with Crippen LogP contribution in [0.3, 0.4) is 0 Å². The van der Waals surface area contributed by atoms with E-state index in [1.807, 2.05) is 0 Å². The molecule has 1 heterocycles. The van der Waals surface area contributed by atoms with Gasteiger partial charge in [0.25, 0.3) is 0 Å². The third-order valence-corrected chi connectivity index (χ3v) is 5.30. The smallest absolute Gasteiger partial charge is 0.0388 e. The van der Waals surface area contributed by atoms with Gasteiger partial charge in [-0.15, -0.1) is 0 Å². The molecule has 2 fully saturated rings. The minimum atomic E-state index is 0.617. The quantitative estimate of drug-likeness (QED) is 0.916. The second-order valence-corrected chi connectivity index (χ2v) is 6.80. The average Bonchev–Trinajstić information content (AvgIpc) is 2.35. The zero-order valence-electron chi connectivity index (χ0n) is 11.7.